The Kier molecular flexibility index (Phi) is 4.88. The molecule has 5 nitrogen and oxygen atoms in total. The molecule has 2 aromatic rings. The van der Waals surface area contributed by atoms with Crippen LogP contribution >= 0.6 is 15.9 Å². The summed E-state index contributed by atoms with van der Waals surface area (Å²) in [6.45, 7) is 2.56. The van der Waals surface area contributed by atoms with Crippen LogP contribution in [0.15, 0.2) is 40.9 Å². The molecule has 2 heterocycles. The van der Waals surface area contributed by atoms with E-state index in [9.17, 15) is 9.90 Å². The maximum absolute atomic E-state index is 13.1. The van der Waals surface area contributed by atoms with Gasteiger partial charge in [-0.05, 0) is 61.1 Å². The van der Waals surface area contributed by atoms with Crippen molar-refractivity contribution in [2.24, 2.45) is 5.92 Å². The summed E-state index contributed by atoms with van der Waals surface area (Å²) >= 11 is 3.49. The van der Waals surface area contributed by atoms with Crippen molar-refractivity contribution in [2.75, 3.05) is 26.4 Å². The predicted molar refractivity (Wildman–Crippen MR) is 112 cm³/mol. The van der Waals surface area contributed by atoms with Gasteiger partial charge in [0.1, 0.15) is 0 Å². The van der Waals surface area contributed by atoms with Gasteiger partial charge in [-0.3, -0.25) is 4.79 Å². The molecule has 1 fully saturated rings. The van der Waals surface area contributed by atoms with Gasteiger partial charge in [0.25, 0.3) is 0 Å². The molecule has 1 atom stereocenters. The molecule has 2 aromatic carbocycles. The zero-order chi connectivity index (χ0) is 20.0. The summed E-state index contributed by atoms with van der Waals surface area (Å²) in [5.41, 5.74) is 2.03. The quantitative estimate of drug-likeness (QED) is 0.756. The summed E-state index contributed by atoms with van der Waals surface area (Å²) in [5, 5.41) is 11.1. The number of ether oxygens (including phenoxy) is 2. The van der Waals surface area contributed by atoms with Crippen molar-refractivity contribution in [1.82, 2.24) is 4.90 Å². The molecule has 1 aliphatic carbocycles. The second kappa shape index (κ2) is 7.42. The van der Waals surface area contributed by atoms with Gasteiger partial charge in [-0.25, -0.2) is 0 Å². The third kappa shape index (κ3) is 3.58. The standard InChI is InChI=1S/C23H24BrNO4/c24-18-3-1-2-17(11-18)23(27)6-8-25(9-7-23)13-16-5-4-15-10-20-21(29-14-28-20)12-19(15)22(16)26/h1-3,10-12,16,27H,4-9,13-14H2. The lowest BCUT2D eigenvalue weighted by molar-refractivity contribution is -0.0283. The number of ketones is 1. The lowest BCUT2D eigenvalue weighted by Crippen LogP contribution is -2.45. The lowest BCUT2D eigenvalue weighted by Gasteiger charge is -2.40. The first-order chi connectivity index (χ1) is 14.0. The van der Waals surface area contributed by atoms with Gasteiger partial charge in [0.2, 0.25) is 6.79 Å². The van der Waals surface area contributed by atoms with Gasteiger partial charge >= 0.3 is 0 Å². The fourth-order valence-electron chi connectivity index (χ4n) is 4.76. The molecule has 0 spiro atoms. The fourth-order valence-corrected chi connectivity index (χ4v) is 5.16. The minimum Gasteiger partial charge on any atom is -0.454 e. The lowest BCUT2D eigenvalue weighted by atomic mass is 9.81. The molecule has 1 saturated heterocycles. The molecule has 0 aromatic heterocycles. The minimum absolute atomic E-state index is 0.0000611. The monoisotopic (exact) mass is 457 g/mol. The number of halogens is 1. The van der Waals surface area contributed by atoms with Crippen molar-refractivity contribution < 1.29 is 19.4 Å². The number of carbonyl (C=O) groups excluding carboxylic acids is 1. The number of likely N-dealkylation sites (tertiary alicyclic amines) is 1. The summed E-state index contributed by atoms with van der Waals surface area (Å²) in [7, 11) is 0. The Hall–Kier alpha value is -1.89. The Morgan fingerprint density at radius 3 is 2.66 bits per heavy atom. The molecule has 0 saturated carbocycles. The molecule has 0 radical (unpaired) electrons. The first-order valence-electron chi connectivity index (χ1n) is 10.2. The molecule has 29 heavy (non-hydrogen) atoms. The zero-order valence-corrected chi connectivity index (χ0v) is 17.8. The van der Waals surface area contributed by atoms with Gasteiger partial charge in [-0.15, -0.1) is 0 Å². The second-order valence-electron chi connectivity index (χ2n) is 8.31. The number of Topliss-reactive ketones (excluding diaryl/α,β-unsaturated/α-hetero) is 1. The van der Waals surface area contributed by atoms with Crippen LogP contribution in [0.1, 0.15) is 40.7 Å². The van der Waals surface area contributed by atoms with Gasteiger partial charge in [0, 0.05) is 35.6 Å². The molecule has 1 unspecified atom stereocenters. The number of carbonyl (C=O) groups is 1. The molecular weight excluding hydrogens is 434 g/mol. The number of rotatable bonds is 3. The number of benzene rings is 2. The number of aliphatic hydroxyl groups is 1. The fraction of sp³-hybridized carbons (Fsp3) is 0.435. The topological polar surface area (TPSA) is 59.0 Å². The van der Waals surface area contributed by atoms with E-state index in [2.05, 4.69) is 20.8 Å². The van der Waals surface area contributed by atoms with Crippen molar-refractivity contribution in [3.8, 4) is 11.5 Å². The van der Waals surface area contributed by atoms with Gasteiger partial charge in [-0.2, -0.15) is 0 Å². The molecule has 152 valence electrons. The smallest absolute Gasteiger partial charge is 0.231 e. The van der Waals surface area contributed by atoms with E-state index in [1.165, 1.54) is 0 Å². The van der Waals surface area contributed by atoms with E-state index in [1.54, 1.807) is 0 Å². The third-order valence-corrected chi connectivity index (χ3v) is 7.01. The van der Waals surface area contributed by atoms with E-state index >= 15 is 0 Å². The van der Waals surface area contributed by atoms with E-state index < -0.39 is 5.60 Å². The summed E-state index contributed by atoms with van der Waals surface area (Å²) < 4.78 is 11.9. The number of piperidine rings is 1. The summed E-state index contributed by atoms with van der Waals surface area (Å²) in [6.07, 6.45) is 3.11. The van der Waals surface area contributed by atoms with Crippen molar-refractivity contribution in [3.05, 3.63) is 57.6 Å². The zero-order valence-electron chi connectivity index (χ0n) is 16.2. The van der Waals surface area contributed by atoms with Crippen LogP contribution in [0.2, 0.25) is 0 Å². The Bertz CT molecular complexity index is 952. The Morgan fingerprint density at radius 2 is 1.90 bits per heavy atom. The molecule has 6 heteroatoms. The number of hydrogen-bond acceptors (Lipinski definition) is 5. The van der Waals surface area contributed by atoms with Crippen LogP contribution in [0, 0.1) is 5.92 Å². The molecular formula is C23H24BrNO4. The molecule has 3 aliphatic rings. The first kappa shape index (κ1) is 19.1. The van der Waals surface area contributed by atoms with Gasteiger partial charge in [0.05, 0.1) is 5.60 Å². The van der Waals surface area contributed by atoms with E-state index in [0.717, 1.165) is 59.4 Å². The van der Waals surface area contributed by atoms with Crippen molar-refractivity contribution in [1.29, 1.82) is 0 Å². The normalized spacial score (nSPS) is 23.1. The average molecular weight is 458 g/mol. The summed E-state index contributed by atoms with van der Waals surface area (Å²) in [4.78, 5) is 15.4. The SMILES string of the molecule is O=C1c2cc3c(cc2CCC1CN1CCC(O)(c2cccc(Br)c2)CC1)OCO3. The molecule has 5 rings (SSSR count). The maximum Gasteiger partial charge on any atom is 0.231 e. The van der Waals surface area contributed by atoms with E-state index in [4.69, 9.17) is 9.47 Å². The van der Waals surface area contributed by atoms with Crippen LogP contribution in [0.4, 0.5) is 0 Å². The van der Waals surface area contributed by atoms with Crippen LogP contribution < -0.4 is 9.47 Å². The number of aryl methyl sites for hydroxylation is 1. The third-order valence-electron chi connectivity index (χ3n) is 6.52. The Balaban J connectivity index is 1.25. The highest BCUT2D eigenvalue weighted by atomic mass is 79.9. The average Bonchev–Trinajstić information content (AvgIpc) is 3.18. The van der Waals surface area contributed by atoms with Gasteiger partial charge in [0.15, 0.2) is 17.3 Å². The van der Waals surface area contributed by atoms with Crippen LogP contribution in [-0.2, 0) is 12.0 Å². The van der Waals surface area contributed by atoms with Crippen LogP contribution in [0.5, 0.6) is 11.5 Å². The Labute approximate surface area is 178 Å². The van der Waals surface area contributed by atoms with Crippen molar-refractivity contribution in [2.45, 2.75) is 31.3 Å². The van der Waals surface area contributed by atoms with Crippen LogP contribution in [-0.4, -0.2) is 42.2 Å². The largest absolute Gasteiger partial charge is 0.454 e. The number of hydrogen-bond donors (Lipinski definition) is 1. The predicted octanol–water partition coefficient (Wildman–Crippen LogP) is 3.91. The molecule has 0 bridgehead atoms. The van der Waals surface area contributed by atoms with E-state index in [-0.39, 0.29) is 18.5 Å². The number of fused-ring (bicyclic) bond motifs is 2. The molecule has 0 amide bonds. The molecule has 1 N–H and O–H groups in total. The number of nitrogens with zero attached hydrogens (tertiary/aromatic N) is 1. The van der Waals surface area contributed by atoms with E-state index in [1.807, 2.05) is 36.4 Å². The van der Waals surface area contributed by atoms with Gasteiger partial charge in [-0.1, -0.05) is 28.1 Å². The second-order valence-corrected chi connectivity index (χ2v) is 9.22. The van der Waals surface area contributed by atoms with E-state index in [0.29, 0.717) is 18.6 Å². The maximum atomic E-state index is 13.1. The van der Waals surface area contributed by atoms with Crippen molar-refractivity contribution in [3.63, 3.8) is 0 Å². The highest BCUT2D eigenvalue weighted by Crippen LogP contribution is 2.39. The highest BCUT2D eigenvalue weighted by molar-refractivity contribution is 9.10. The summed E-state index contributed by atoms with van der Waals surface area (Å²) in [6, 6.07) is 11.8. The molecule has 2 aliphatic heterocycles. The Morgan fingerprint density at radius 1 is 1.14 bits per heavy atom. The van der Waals surface area contributed by atoms with Crippen LogP contribution in [0.25, 0.3) is 0 Å². The van der Waals surface area contributed by atoms with Crippen LogP contribution in [0.3, 0.4) is 0 Å². The highest BCUT2D eigenvalue weighted by Gasteiger charge is 2.37. The van der Waals surface area contributed by atoms with Gasteiger partial charge < -0.3 is 19.5 Å². The first-order valence-corrected chi connectivity index (χ1v) is 11.0. The minimum atomic E-state index is -0.790. The summed E-state index contributed by atoms with van der Waals surface area (Å²) in [5.74, 6) is 1.63. The van der Waals surface area contributed by atoms with Crippen molar-refractivity contribution >= 4 is 21.7 Å².